The van der Waals surface area contributed by atoms with Crippen LogP contribution in [0.1, 0.15) is 57.1 Å². The number of carbonyl (C=O) groups is 1. The maximum Gasteiger partial charge on any atom is 0.248 e. The summed E-state index contributed by atoms with van der Waals surface area (Å²) in [6.07, 6.45) is 4.69. The lowest BCUT2D eigenvalue weighted by atomic mass is 9.98. The van der Waals surface area contributed by atoms with E-state index in [9.17, 15) is 4.79 Å². The van der Waals surface area contributed by atoms with Gasteiger partial charge in [0, 0.05) is 31.2 Å². The molecule has 2 aliphatic rings. The summed E-state index contributed by atoms with van der Waals surface area (Å²) in [7, 11) is 0. The monoisotopic (exact) mass is 397 g/mol. The van der Waals surface area contributed by atoms with Crippen molar-refractivity contribution in [2.75, 3.05) is 31.1 Å². The Bertz CT molecular complexity index is 831. The number of nitrogens with one attached hydrogen (secondary N) is 1. The summed E-state index contributed by atoms with van der Waals surface area (Å²) in [6, 6.07) is 10.3. The van der Waals surface area contributed by atoms with Gasteiger partial charge in [-0.25, -0.2) is 0 Å². The average Bonchev–Trinajstić information content (AvgIpc) is 3.42. The first-order valence-electron chi connectivity index (χ1n) is 10.7. The van der Waals surface area contributed by atoms with Gasteiger partial charge in [0.25, 0.3) is 0 Å². The van der Waals surface area contributed by atoms with Crippen LogP contribution in [0.25, 0.3) is 0 Å². The number of hydrogen-bond acceptors (Lipinski definition) is 5. The Labute approximate surface area is 172 Å². The predicted molar refractivity (Wildman–Crippen MR) is 112 cm³/mol. The number of nitrogens with zero attached hydrogens (tertiary/aromatic N) is 4. The topological polar surface area (TPSA) is 72.3 Å². The first kappa shape index (κ1) is 19.9. The highest BCUT2D eigenvalue weighted by molar-refractivity contribution is 5.84. The first-order chi connectivity index (χ1) is 14.1. The molecule has 156 valence electrons. The van der Waals surface area contributed by atoms with Crippen molar-refractivity contribution in [3.63, 3.8) is 0 Å². The van der Waals surface area contributed by atoms with E-state index < -0.39 is 5.54 Å². The summed E-state index contributed by atoms with van der Waals surface area (Å²) < 4.78 is 7.80. The van der Waals surface area contributed by atoms with Crippen molar-refractivity contribution < 1.29 is 9.53 Å². The van der Waals surface area contributed by atoms with Crippen molar-refractivity contribution >= 4 is 11.6 Å². The summed E-state index contributed by atoms with van der Waals surface area (Å²) in [5.41, 5.74) is 0.361. The van der Waals surface area contributed by atoms with Gasteiger partial charge in [0.2, 0.25) is 5.91 Å². The Morgan fingerprint density at radius 1 is 1.28 bits per heavy atom. The number of hydrogen-bond donors (Lipinski definition) is 1. The van der Waals surface area contributed by atoms with Crippen LogP contribution in [0.3, 0.4) is 0 Å². The molecule has 1 saturated carbocycles. The molecule has 4 rings (SSSR count). The smallest absolute Gasteiger partial charge is 0.248 e. The highest BCUT2D eigenvalue weighted by atomic mass is 16.5. The molecule has 7 nitrogen and oxygen atoms in total. The summed E-state index contributed by atoms with van der Waals surface area (Å²) in [4.78, 5) is 15.5. The van der Waals surface area contributed by atoms with E-state index in [1.165, 1.54) is 18.5 Å². The molecule has 1 aliphatic carbocycles. The van der Waals surface area contributed by atoms with Gasteiger partial charge in [0.05, 0.1) is 6.61 Å². The van der Waals surface area contributed by atoms with Crippen LogP contribution in [-0.2, 0) is 21.7 Å². The Hall–Kier alpha value is -2.41. The van der Waals surface area contributed by atoms with Crippen LogP contribution in [0.15, 0.2) is 30.3 Å². The lowest BCUT2D eigenvalue weighted by Gasteiger charge is -2.36. The number of likely N-dealkylation sites (N-methyl/N-ethyl adjacent to an activating group) is 1. The molecule has 1 atom stereocenters. The molecule has 0 bridgehead atoms. The van der Waals surface area contributed by atoms with Gasteiger partial charge in [-0.1, -0.05) is 31.0 Å². The van der Waals surface area contributed by atoms with E-state index in [4.69, 9.17) is 4.74 Å². The minimum absolute atomic E-state index is 0.0263. The number of fused-ring (bicyclic) bond motifs is 1. The van der Waals surface area contributed by atoms with Gasteiger partial charge in [-0.2, -0.15) is 0 Å². The predicted octanol–water partition coefficient (Wildman–Crippen LogP) is 2.82. The average molecular weight is 398 g/mol. The fourth-order valence-corrected chi connectivity index (χ4v) is 4.59. The highest BCUT2D eigenvalue weighted by Crippen LogP contribution is 2.37. The molecule has 2 aromatic rings. The molecule has 1 N–H and O–H groups in total. The van der Waals surface area contributed by atoms with Gasteiger partial charge in [-0.15, -0.1) is 10.2 Å². The number of aromatic nitrogens is 3. The third-order valence-electron chi connectivity index (χ3n) is 6.24. The van der Waals surface area contributed by atoms with Crippen LogP contribution in [-0.4, -0.2) is 46.9 Å². The summed E-state index contributed by atoms with van der Waals surface area (Å²) in [6.45, 7) is 7.06. The van der Waals surface area contributed by atoms with Crippen molar-refractivity contribution in [2.24, 2.45) is 0 Å². The van der Waals surface area contributed by atoms with E-state index in [0.717, 1.165) is 37.6 Å². The lowest BCUT2D eigenvalue weighted by molar-refractivity contribution is -0.135. The zero-order valence-corrected chi connectivity index (χ0v) is 17.4. The zero-order valence-electron chi connectivity index (χ0n) is 17.4. The van der Waals surface area contributed by atoms with Crippen molar-refractivity contribution in [1.29, 1.82) is 0 Å². The molecule has 1 aliphatic heterocycles. The molecule has 1 aromatic heterocycles. The number of amides is 1. The minimum atomic E-state index is -0.807. The van der Waals surface area contributed by atoms with Crippen molar-refractivity contribution in [1.82, 2.24) is 20.1 Å². The van der Waals surface area contributed by atoms with Crippen molar-refractivity contribution in [2.45, 2.75) is 57.6 Å². The molecule has 7 heteroatoms. The maximum atomic E-state index is 13.3. The molecular formula is C22H31N5O2. The van der Waals surface area contributed by atoms with E-state index in [-0.39, 0.29) is 5.91 Å². The van der Waals surface area contributed by atoms with Gasteiger partial charge in [-0.05, 0) is 38.8 Å². The molecule has 0 spiro atoms. The Morgan fingerprint density at radius 2 is 2.03 bits per heavy atom. The maximum absolute atomic E-state index is 13.3. The molecule has 1 amide bonds. The van der Waals surface area contributed by atoms with E-state index in [1.54, 1.807) is 0 Å². The normalized spacial score (nSPS) is 21.7. The van der Waals surface area contributed by atoms with E-state index in [1.807, 2.05) is 25.1 Å². The number of para-hydroxylation sites is 1. The number of rotatable bonds is 7. The van der Waals surface area contributed by atoms with Crippen molar-refractivity contribution in [3.05, 3.63) is 42.0 Å². The van der Waals surface area contributed by atoms with Crippen LogP contribution in [0, 0.1) is 0 Å². The molecular weight excluding hydrogens is 366 g/mol. The van der Waals surface area contributed by atoms with Gasteiger partial charge in [0.15, 0.2) is 5.82 Å². The Kier molecular flexibility index (Phi) is 5.85. The van der Waals surface area contributed by atoms with E-state index in [2.05, 4.69) is 44.0 Å². The molecule has 0 saturated heterocycles. The first-order valence-corrected chi connectivity index (χ1v) is 10.7. The third-order valence-corrected chi connectivity index (χ3v) is 6.24. The summed E-state index contributed by atoms with van der Waals surface area (Å²) >= 11 is 0. The largest absolute Gasteiger partial charge is 0.370 e. The summed E-state index contributed by atoms with van der Waals surface area (Å²) in [5.74, 6) is 2.09. The SMILES string of the molecule is CCN(CCNC(=O)C1(C)COCc2nnc(C3CCCC3)n21)c1ccccc1. The molecule has 1 unspecified atom stereocenters. The quantitative estimate of drug-likeness (QED) is 0.778. The second kappa shape index (κ2) is 8.53. The lowest BCUT2D eigenvalue weighted by Crippen LogP contribution is -2.54. The third kappa shape index (κ3) is 3.88. The number of anilines is 1. The second-order valence-corrected chi connectivity index (χ2v) is 8.23. The minimum Gasteiger partial charge on any atom is -0.370 e. The summed E-state index contributed by atoms with van der Waals surface area (Å²) in [5, 5.41) is 11.9. The standard InChI is InChI=1S/C22H31N5O2/c1-3-26(18-11-5-4-6-12-18)14-13-23-21(28)22(2)16-29-15-19-24-25-20(27(19)22)17-9-7-8-10-17/h4-6,11-12,17H,3,7-10,13-16H2,1-2H3,(H,23,28). The number of ether oxygens (including phenoxy) is 1. The van der Waals surface area contributed by atoms with Gasteiger partial charge < -0.3 is 15.0 Å². The zero-order chi connectivity index (χ0) is 20.3. The van der Waals surface area contributed by atoms with Gasteiger partial charge >= 0.3 is 0 Å². The molecule has 1 aromatic carbocycles. The number of benzene rings is 1. The van der Waals surface area contributed by atoms with Gasteiger partial charge in [-0.3, -0.25) is 9.36 Å². The molecule has 0 radical (unpaired) electrons. The molecule has 29 heavy (non-hydrogen) atoms. The molecule has 1 fully saturated rings. The van der Waals surface area contributed by atoms with Crippen molar-refractivity contribution in [3.8, 4) is 0 Å². The van der Waals surface area contributed by atoms with Crippen LogP contribution in [0.5, 0.6) is 0 Å². The highest BCUT2D eigenvalue weighted by Gasteiger charge is 2.43. The Balaban J connectivity index is 1.46. The fraction of sp³-hybridized carbons (Fsp3) is 0.591. The molecule has 2 heterocycles. The van der Waals surface area contributed by atoms with Crippen LogP contribution in [0.2, 0.25) is 0 Å². The van der Waals surface area contributed by atoms with Crippen LogP contribution >= 0.6 is 0 Å². The Morgan fingerprint density at radius 3 is 2.76 bits per heavy atom. The van der Waals surface area contributed by atoms with E-state index >= 15 is 0 Å². The van der Waals surface area contributed by atoms with Crippen LogP contribution < -0.4 is 10.2 Å². The van der Waals surface area contributed by atoms with Crippen LogP contribution in [0.4, 0.5) is 5.69 Å². The van der Waals surface area contributed by atoms with E-state index in [0.29, 0.717) is 25.7 Å². The van der Waals surface area contributed by atoms with Gasteiger partial charge in [0.1, 0.15) is 18.0 Å². The number of carbonyl (C=O) groups excluding carboxylic acids is 1. The second-order valence-electron chi connectivity index (χ2n) is 8.23. The fourth-order valence-electron chi connectivity index (χ4n) is 4.59.